The molecule has 6 heteroatoms. The van der Waals surface area contributed by atoms with Crippen LogP contribution in [0.5, 0.6) is 0 Å². The summed E-state index contributed by atoms with van der Waals surface area (Å²) in [5, 5.41) is 11.8. The molecule has 0 aromatic heterocycles. The van der Waals surface area contributed by atoms with Gasteiger partial charge in [0.2, 0.25) is 0 Å². The molecule has 0 spiro atoms. The zero-order valence-electron chi connectivity index (χ0n) is 13.0. The predicted octanol–water partition coefficient (Wildman–Crippen LogP) is 1.22. The molecule has 0 bridgehead atoms. The summed E-state index contributed by atoms with van der Waals surface area (Å²) in [6, 6.07) is -0.310. The molecular weight excluding hydrogens is 258 g/mol. The Morgan fingerprint density at radius 3 is 2.40 bits per heavy atom. The largest absolute Gasteiger partial charge is 0.480 e. The maximum absolute atomic E-state index is 12.1. The Hall–Kier alpha value is -1.30. The van der Waals surface area contributed by atoms with Crippen LogP contribution in [-0.4, -0.2) is 66.2 Å². The van der Waals surface area contributed by atoms with E-state index in [2.05, 4.69) is 17.3 Å². The maximum Gasteiger partial charge on any atom is 0.329 e. The number of rotatable bonds is 5. The van der Waals surface area contributed by atoms with E-state index in [1.165, 1.54) is 6.92 Å². The highest BCUT2D eigenvalue weighted by atomic mass is 16.4. The average Bonchev–Trinajstić information content (AvgIpc) is 2.40. The minimum atomic E-state index is -1.20. The van der Waals surface area contributed by atoms with E-state index in [-0.39, 0.29) is 6.03 Å². The molecule has 1 aliphatic rings. The van der Waals surface area contributed by atoms with Crippen LogP contribution in [-0.2, 0) is 4.79 Å². The van der Waals surface area contributed by atoms with E-state index < -0.39 is 11.5 Å². The molecule has 20 heavy (non-hydrogen) atoms. The number of aliphatic carboxylic acids is 1. The molecule has 1 aliphatic heterocycles. The lowest BCUT2D eigenvalue weighted by atomic mass is 9.96. The van der Waals surface area contributed by atoms with Crippen LogP contribution in [0.4, 0.5) is 4.79 Å². The summed E-state index contributed by atoms with van der Waals surface area (Å²) < 4.78 is 0. The third kappa shape index (κ3) is 4.37. The Kier molecular flexibility index (Phi) is 5.80. The fraction of sp³-hybridized carbons (Fsp3) is 0.857. The van der Waals surface area contributed by atoms with Gasteiger partial charge in [-0.15, -0.1) is 0 Å². The summed E-state index contributed by atoms with van der Waals surface area (Å²) in [7, 11) is 3.83. The summed E-state index contributed by atoms with van der Waals surface area (Å²) in [5.74, 6) is -0.499. The number of carboxylic acids is 1. The number of hydrogen-bond donors (Lipinski definition) is 2. The van der Waals surface area contributed by atoms with Crippen LogP contribution in [0, 0.1) is 5.92 Å². The van der Waals surface area contributed by atoms with Crippen molar-refractivity contribution in [3.63, 3.8) is 0 Å². The van der Waals surface area contributed by atoms with Crippen LogP contribution in [0.2, 0.25) is 0 Å². The van der Waals surface area contributed by atoms with Crippen molar-refractivity contribution in [3.05, 3.63) is 0 Å². The predicted molar refractivity (Wildman–Crippen MR) is 77.7 cm³/mol. The molecule has 2 amide bonds. The highest BCUT2D eigenvalue weighted by Gasteiger charge is 2.34. The summed E-state index contributed by atoms with van der Waals surface area (Å²) in [4.78, 5) is 27.2. The van der Waals surface area contributed by atoms with Crippen LogP contribution < -0.4 is 5.32 Å². The average molecular weight is 285 g/mol. The molecule has 0 aromatic rings. The van der Waals surface area contributed by atoms with E-state index in [1.807, 2.05) is 0 Å². The Bertz CT molecular complexity index is 354. The van der Waals surface area contributed by atoms with Crippen molar-refractivity contribution in [2.45, 2.75) is 38.6 Å². The zero-order chi connectivity index (χ0) is 15.3. The zero-order valence-corrected chi connectivity index (χ0v) is 13.0. The van der Waals surface area contributed by atoms with Gasteiger partial charge in [-0.05, 0) is 52.2 Å². The minimum Gasteiger partial charge on any atom is -0.480 e. The second kappa shape index (κ2) is 6.92. The highest BCUT2D eigenvalue weighted by molar-refractivity contribution is 5.85. The number of carbonyl (C=O) groups excluding carboxylic acids is 1. The number of nitrogens with zero attached hydrogens (tertiary/aromatic N) is 2. The molecule has 0 radical (unpaired) electrons. The summed E-state index contributed by atoms with van der Waals surface area (Å²) in [6.07, 6.45) is 2.52. The second-order valence-electron chi connectivity index (χ2n) is 6.05. The number of likely N-dealkylation sites (tertiary alicyclic amines) is 1. The van der Waals surface area contributed by atoms with Crippen LogP contribution >= 0.6 is 0 Å². The Balaban J connectivity index is 2.48. The van der Waals surface area contributed by atoms with Gasteiger partial charge in [0.05, 0.1) is 0 Å². The Morgan fingerprint density at radius 1 is 1.40 bits per heavy atom. The van der Waals surface area contributed by atoms with Gasteiger partial charge in [0, 0.05) is 13.6 Å². The molecule has 1 heterocycles. The van der Waals surface area contributed by atoms with Crippen molar-refractivity contribution in [1.29, 1.82) is 0 Å². The first-order chi connectivity index (χ1) is 9.28. The van der Waals surface area contributed by atoms with Gasteiger partial charge in [-0.2, -0.15) is 0 Å². The summed E-state index contributed by atoms with van der Waals surface area (Å²) in [6.45, 7) is 6.09. The Labute approximate surface area is 121 Å². The SMILES string of the molecule is CCC(C)(NC(=O)N(C)CC1CCN(C)CC1)C(=O)O. The second-order valence-corrected chi connectivity index (χ2v) is 6.05. The van der Waals surface area contributed by atoms with Crippen LogP contribution in [0.15, 0.2) is 0 Å². The molecule has 116 valence electrons. The van der Waals surface area contributed by atoms with Crippen LogP contribution in [0.25, 0.3) is 0 Å². The van der Waals surface area contributed by atoms with E-state index in [4.69, 9.17) is 0 Å². The number of amides is 2. The monoisotopic (exact) mass is 285 g/mol. The van der Waals surface area contributed by atoms with Gasteiger partial charge in [-0.1, -0.05) is 6.92 Å². The molecule has 1 saturated heterocycles. The van der Waals surface area contributed by atoms with E-state index in [0.717, 1.165) is 25.9 Å². The lowest BCUT2D eigenvalue weighted by molar-refractivity contribution is -0.143. The molecule has 2 N–H and O–H groups in total. The van der Waals surface area contributed by atoms with Crippen LogP contribution in [0.3, 0.4) is 0 Å². The third-order valence-corrected chi connectivity index (χ3v) is 4.28. The van der Waals surface area contributed by atoms with E-state index in [1.54, 1.807) is 18.9 Å². The first-order valence-electron chi connectivity index (χ1n) is 7.23. The number of carboxylic acid groups (broad SMARTS) is 1. The molecular formula is C14H27N3O3. The molecule has 1 atom stereocenters. The van der Waals surface area contributed by atoms with Gasteiger partial charge in [0.25, 0.3) is 0 Å². The smallest absolute Gasteiger partial charge is 0.329 e. The lowest BCUT2D eigenvalue weighted by Crippen LogP contribution is -2.55. The quantitative estimate of drug-likeness (QED) is 0.796. The normalized spacial score (nSPS) is 20.2. The number of carbonyl (C=O) groups is 2. The molecule has 0 aliphatic carbocycles. The maximum atomic E-state index is 12.1. The van der Waals surface area contributed by atoms with Crippen molar-refractivity contribution >= 4 is 12.0 Å². The molecule has 6 nitrogen and oxygen atoms in total. The Morgan fingerprint density at radius 2 is 1.95 bits per heavy atom. The summed E-state index contributed by atoms with van der Waals surface area (Å²) in [5.41, 5.74) is -1.20. The minimum absolute atomic E-state index is 0.310. The first-order valence-corrected chi connectivity index (χ1v) is 7.23. The highest BCUT2D eigenvalue weighted by Crippen LogP contribution is 2.17. The number of piperidine rings is 1. The molecule has 1 rings (SSSR count). The van der Waals surface area contributed by atoms with Gasteiger partial charge in [-0.3, -0.25) is 0 Å². The van der Waals surface area contributed by atoms with Crippen molar-refractivity contribution in [2.75, 3.05) is 33.7 Å². The van der Waals surface area contributed by atoms with Crippen molar-refractivity contribution in [2.24, 2.45) is 5.92 Å². The first kappa shape index (κ1) is 16.8. The lowest BCUT2D eigenvalue weighted by Gasteiger charge is -2.33. The van der Waals surface area contributed by atoms with Crippen LogP contribution in [0.1, 0.15) is 33.1 Å². The van der Waals surface area contributed by atoms with E-state index >= 15 is 0 Å². The number of urea groups is 1. The van der Waals surface area contributed by atoms with E-state index in [0.29, 0.717) is 18.9 Å². The molecule has 0 aromatic carbocycles. The molecule has 1 unspecified atom stereocenters. The fourth-order valence-corrected chi connectivity index (χ4v) is 2.34. The number of nitrogens with one attached hydrogen (secondary N) is 1. The van der Waals surface area contributed by atoms with Gasteiger partial charge < -0.3 is 20.2 Å². The summed E-state index contributed by atoms with van der Waals surface area (Å²) >= 11 is 0. The van der Waals surface area contributed by atoms with Crippen molar-refractivity contribution in [3.8, 4) is 0 Å². The third-order valence-electron chi connectivity index (χ3n) is 4.28. The van der Waals surface area contributed by atoms with Crippen molar-refractivity contribution < 1.29 is 14.7 Å². The standard InChI is InChI=1S/C14H27N3O3/c1-5-14(2,12(18)19)15-13(20)17(4)10-11-6-8-16(3)9-7-11/h11H,5-10H2,1-4H3,(H,15,20)(H,18,19). The topological polar surface area (TPSA) is 72.9 Å². The van der Waals surface area contributed by atoms with Gasteiger partial charge in [0.15, 0.2) is 0 Å². The van der Waals surface area contributed by atoms with Gasteiger partial charge >= 0.3 is 12.0 Å². The van der Waals surface area contributed by atoms with Gasteiger partial charge in [0.1, 0.15) is 5.54 Å². The van der Waals surface area contributed by atoms with Gasteiger partial charge in [-0.25, -0.2) is 9.59 Å². The fourth-order valence-electron chi connectivity index (χ4n) is 2.34. The molecule has 0 saturated carbocycles. The number of hydrogen-bond acceptors (Lipinski definition) is 3. The van der Waals surface area contributed by atoms with E-state index in [9.17, 15) is 14.7 Å². The molecule has 1 fully saturated rings. The van der Waals surface area contributed by atoms with Crippen molar-refractivity contribution in [1.82, 2.24) is 15.1 Å².